The lowest BCUT2D eigenvalue weighted by Gasteiger charge is -2.07. The molecular weight excluding hydrogens is 369 g/mol. The molecular formula is C16H13Cl2N3O4. The highest BCUT2D eigenvalue weighted by molar-refractivity contribution is 6.35. The zero-order chi connectivity index (χ0) is 18.4. The van der Waals surface area contributed by atoms with Gasteiger partial charge in [-0.3, -0.25) is 14.9 Å². The number of benzene rings is 2. The van der Waals surface area contributed by atoms with Gasteiger partial charge in [-0.05, 0) is 25.1 Å². The third-order valence-corrected chi connectivity index (χ3v) is 3.61. The van der Waals surface area contributed by atoms with Crippen LogP contribution in [0.2, 0.25) is 10.0 Å². The molecule has 0 aromatic heterocycles. The van der Waals surface area contributed by atoms with Crippen molar-refractivity contribution in [2.75, 3.05) is 6.61 Å². The maximum atomic E-state index is 11.8. The van der Waals surface area contributed by atoms with Crippen LogP contribution in [0.3, 0.4) is 0 Å². The maximum absolute atomic E-state index is 11.8. The maximum Gasteiger partial charge on any atom is 0.277 e. The standard InChI is InChI=1S/C16H13Cl2N3O4/c1-10(11-3-2-4-13(7-11)21(23)24)19-20-16(22)9-25-15-6-5-12(17)8-14(15)18/h2-8H,9H2,1H3,(H,20,22)/b19-10-. The van der Waals surface area contributed by atoms with Crippen LogP contribution in [0, 0.1) is 10.1 Å². The molecule has 7 nitrogen and oxygen atoms in total. The highest BCUT2D eigenvalue weighted by atomic mass is 35.5. The normalized spacial score (nSPS) is 11.1. The molecule has 0 heterocycles. The van der Waals surface area contributed by atoms with E-state index >= 15 is 0 Å². The van der Waals surface area contributed by atoms with Crippen LogP contribution in [0.25, 0.3) is 0 Å². The molecule has 0 saturated carbocycles. The summed E-state index contributed by atoms with van der Waals surface area (Å²) in [5.41, 5.74) is 3.20. The molecule has 0 aliphatic heterocycles. The van der Waals surface area contributed by atoms with Gasteiger partial charge in [-0.2, -0.15) is 5.10 Å². The van der Waals surface area contributed by atoms with Crippen molar-refractivity contribution in [3.8, 4) is 5.75 Å². The van der Waals surface area contributed by atoms with E-state index in [1.807, 2.05) is 0 Å². The molecule has 130 valence electrons. The fourth-order valence-electron chi connectivity index (χ4n) is 1.82. The van der Waals surface area contributed by atoms with Crippen molar-refractivity contribution in [3.63, 3.8) is 0 Å². The van der Waals surface area contributed by atoms with Crippen LogP contribution in [-0.4, -0.2) is 23.1 Å². The zero-order valence-corrected chi connectivity index (χ0v) is 14.5. The predicted octanol–water partition coefficient (Wildman–Crippen LogP) is 3.82. The molecule has 0 radical (unpaired) electrons. The summed E-state index contributed by atoms with van der Waals surface area (Å²) in [4.78, 5) is 22.1. The van der Waals surface area contributed by atoms with E-state index in [0.717, 1.165) is 0 Å². The Kier molecular flexibility index (Phi) is 6.32. The van der Waals surface area contributed by atoms with E-state index in [-0.39, 0.29) is 17.3 Å². The van der Waals surface area contributed by atoms with E-state index in [1.54, 1.807) is 31.2 Å². The molecule has 1 N–H and O–H groups in total. The summed E-state index contributed by atoms with van der Waals surface area (Å²) >= 11 is 11.7. The Bertz CT molecular complexity index is 840. The number of rotatable bonds is 6. The Morgan fingerprint density at radius 2 is 2.04 bits per heavy atom. The van der Waals surface area contributed by atoms with Gasteiger partial charge in [0.25, 0.3) is 11.6 Å². The molecule has 0 atom stereocenters. The summed E-state index contributed by atoms with van der Waals surface area (Å²) in [6.45, 7) is 1.32. The van der Waals surface area contributed by atoms with Crippen LogP contribution in [0.5, 0.6) is 5.75 Å². The fraction of sp³-hybridized carbons (Fsp3) is 0.125. The highest BCUT2D eigenvalue weighted by Crippen LogP contribution is 2.27. The Morgan fingerprint density at radius 3 is 2.72 bits per heavy atom. The lowest BCUT2D eigenvalue weighted by Crippen LogP contribution is -2.25. The van der Waals surface area contributed by atoms with Gasteiger partial charge in [0.2, 0.25) is 0 Å². The van der Waals surface area contributed by atoms with Gasteiger partial charge in [-0.15, -0.1) is 0 Å². The molecule has 0 bridgehead atoms. The molecule has 2 aromatic rings. The Labute approximate surface area is 153 Å². The van der Waals surface area contributed by atoms with E-state index < -0.39 is 10.8 Å². The van der Waals surface area contributed by atoms with Crippen molar-refractivity contribution in [2.24, 2.45) is 5.10 Å². The Morgan fingerprint density at radius 1 is 1.28 bits per heavy atom. The smallest absolute Gasteiger partial charge is 0.277 e. The molecule has 0 unspecified atom stereocenters. The molecule has 0 aliphatic carbocycles. The van der Waals surface area contributed by atoms with E-state index in [1.165, 1.54) is 18.2 Å². The van der Waals surface area contributed by atoms with Crippen LogP contribution in [0.1, 0.15) is 12.5 Å². The summed E-state index contributed by atoms with van der Waals surface area (Å²) in [6.07, 6.45) is 0. The molecule has 2 rings (SSSR count). The number of nitro benzene ring substituents is 1. The number of ether oxygens (including phenoxy) is 1. The molecule has 0 saturated heterocycles. The van der Waals surface area contributed by atoms with Gasteiger partial charge in [-0.25, -0.2) is 5.43 Å². The van der Waals surface area contributed by atoms with Crippen molar-refractivity contribution in [2.45, 2.75) is 6.92 Å². The number of carbonyl (C=O) groups excluding carboxylic acids is 1. The van der Waals surface area contributed by atoms with Crippen molar-refractivity contribution < 1.29 is 14.5 Å². The van der Waals surface area contributed by atoms with E-state index in [0.29, 0.717) is 22.0 Å². The number of hydrogen-bond acceptors (Lipinski definition) is 5. The first kappa shape index (κ1) is 18.7. The summed E-state index contributed by atoms with van der Waals surface area (Å²) in [6, 6.07) is 10.6. The second-order valence-corrected chi connectivity index (χ2v) is 5.75. The third kappa shape index (κ3) is 5.44. The van der Waals surface area contributed by atoms with Crippen LogP contribution < -0.4 is 10.2 Å². The lowest BCUT2D eigenvalue weighted by atomic mass is 10.1. The SMILES string of the molecule is C/C(=N/NC(=O)COc1ccc(Cl)cc1Cl)c1cccc([N+](=O)[O-])c1. The zero-order valence-electron chi connectivity index (χ0n) is 13.0. The van der Waals surface area contributed by atoms with Gasteiger partial charge < -0.3 is 4.74 Å². The van der Waals surface area contributed by atoms with Crippen LogP contribution in [-0.2, 0) is 4.79 Å². The number of nitrogens with zero attached hydrogens (tertiary/aromatic N) is 2. The van der Waals surface area contributed by atoms with E-state index in [9.17, 15) is 14.9 Å². The van der Waals surface area contributed by atoms with Crippen molar-refractivity contribution in [1.29, 1.82) is 0 Å². The second kappa shape index (κ2) is 8.46. The Balaban J connectivity index is 1.95. The first-order valence-electron chi connectivity index (χ1n) is 7.02. The summed E-state index contributed by atoms with van der Waals surface area (Å²) in [5, 5.41) is 15.4. The van der Waals surface area contributed by atoms with Gasteiger partial charge in [0.15, 0.2) is 6.61 Å². The summed E-state index contributed by atoms with van der Waals surface area (Å²) in [7, 11) is 0. The van der Waals surface area contributed by atoms with Crippen LogP contribution in [0.4, 0.5) is 5.69 Å². The molecule has 0 fully saturated rings. The summed E-state index contributed by atoms with van der Waals surface area (Å²) < 4.78 is 5.28. The van der Waals surface area contributed by atoms with Gasteiger partial charge in [0, 0.05) is 22.7 Å². The molecule has 1 amide bonds. The third-order valence-electron chi connectivity index (χ3n) is 3.08. The number of nitrogens with one attached hydrogen (secondary N) is 1. The monoisotopic (exact) mass is 381 g/mol. The highest BCUT2D eigenvalue weighted by Gasteiger charge is 2.09. The number of non-ortho nitro benzene ring substituents is 1. The summed E-state index contributed by atoms with van der Waals surface area (Å²) in [5.74, 6) is -0.184. The van der Waals surface area contributed by atoms with E-state index in [2.05, 4.69) is 10.5 Å². The average molecular weight is 382 g/mol. The van der Waals surface area contributed by atoms with Crippen LogP contribution in [0.15, 0.2) is 47.6 Å². The first-order chi connectivity index (χ1) is 11.9. The number of halogens is 2. The lowest BCUT2D eigenvalue weighted by molar-refractivity contribution is -0.384. The van der Waals surface area contributed by atoms with Gasteiger partial charge >= 0.3 is 0 Å². The Hall–Kier alpha value is -2.64. The largest absolute Gasteiger partial charge is 0.482 e. The molecule has 9 heteroatoms. The minimum Gasteiger partial charge on any atom is -0.482 e. The molecule has 0 aliphatic rings. The molecule has 0 spiro atoms. The fourth-order valence-corrected chi connectivity index (χ4v) is 2.29. The second-order valence-electron chi connectivity index (χ2n) is 4.90. The van der Waals surface area contributed by atoms with Gasteiger partial charge in [0.1, 0.15) is 5.75 Å². The van der Waals surface area contributed by atoms with Crippen molar-refractivity contribution in [1.82, 2.24) is 5.43 Å². The minimum atomic E-state index is -0.504. The van der Waals surface area contributed by atoms with Crippen molar-refractivity contribution in [3.05, 3.63) is 68.2 Å². The molecule has 25 heavy (non-hydrogen) atoms. The van der Waals surface area contributed by atoms with Crippen LogP contribution >= 0.6 is 23.2 Å². The topological polar surface area (TPSA) is 93.8 Å². The van der Waals surface area contributed by atoms with Crippen molar-refractivity contribution >= 4 is 40.5 Å². The van der Waals surface area contributed by atoms with Gasteiger partial charge in [-0.1, -0.05) is 35.3 Å². The number of hydrogen-bond donors (Lipinski definition) is 1. The van der Waals surface area contributed by atoms with Gasteiger partial charge in [0.05, 0.1) is 15.7 Å². The number of nitro groups is 1. The quantitative estimate of drug-likeness (QED) is 0.467. The first-order valence-corrected chi connectivity index (χ1v) is 7.78. The predicted molar refractivity (Wildman–Crippen MR) is 95.4 cm³/mol. The number of amides is 1. The molecule has 2 aromatic carbocycles. The number of hydrazone groups is 1. The van der Waals surface area contributed by atoms with E-state index in [4.69, 9.17) is 27.9 Å². The number of carbonyl (C=O) groups is 1. The minimum absolute atomic E-state index is 0.0564. The average Bonchev–Trinajstić information content (AvgIpc) is 2.59.